The fourth-order valence-corrected chi connectivity index (χ4v) is 5.23. The Kier molecular flexibility index (Phi) is 5.95. The van der Waals surface area contributed by atoms with E-state index < -0.39 is 15.9 Å². The molecule has 1 amide bonds. The zero-order chi connectivity index (χ0) is 23.8. The molecule has 8 heteroatoms. The number of aryl methyl sites for hydroxylation is 3. The number of fused-ring (bicyclic) bond motifs is 1. The van der Waals surface area contributed by atoms with Crippen molar-refractivity contribution < 1.29 is 17.9 Å². The van der Waals surface area contributed by atoms with E-state index in [1.807, 2.05) is 49.6 Å². The number of hydrogen-bond acceptors (Lipinski definition) is 5. The quantitative estimate of drug-likeness (QED) is 0.464. The van der Waals surface area contributed by atoms with Crippen LogP contribution in [0, 0.1) is 20.8 Å². The van der Waals surface area contributed by atoms with Gasteiger partial charge in [-0.3, -0.25) is 4.79 Å². The number of hydrogen-bond donors (Lipinski definition) is 1. The Morgan fingerprint density at radius 2 is 1.73 bits per heavy atom. The van der Waals surface area contributed by atoms with Gasteiger partial charge < -0.3 is 9.30 Å². The second-order valence-electron chi connectivity index (χ2n) is 8.00. The van der Waals surface area contributed by atoms with Gasteiger partial charge in [0.25, 0.3) is 15.9 Å². The van der Waals surface area contributed by atoms with Crippen LogP contribution in [0.3, 0.4) is 0 Å². The SMILES string of the molecule is COc1ncccc1S(=O)(=O)NC(=O)c1cc2ccccc2n1Cc1c(C)cc(C)cc1C. The molecule has 0 atom stereocenters. The molecule has 33 heavy (non-hydrogen) atoms. The molecule has 2 aromatic carbocycles. The van der Waals surface area contributed by atoms with E-state index in [1.54, 1.807) is 6.07 Å². The first-order valence-electron chi connectivity index (χ1n) is 10.4. The van der Waals surface area contributed by atoms with Crippen LogP contribution in [-0.4, -0.2) is 31.0 Å². The molecule has 170 valence electrons. The van der Waals surface area contributed by atoms with Gasteiger partial charge in [0.15, 0.2) is 0 Å². The molecule has 4 aromatic rings. The van der Waals surface area contributed by atoms with Gasteiger partial charge in [-0.05, 0) is 61.7 Å². The predicted octanol–water partition coefficient (Wildman–Crippen LogP) is 4.14. The molecule has 4 rings (SSSR count). The van der Waals surface area contributed by atoms with Gasteiger partial charge in [0.1, 0.15) is 10.6 Å². The van der Waals surface area contributed by atoms with Crippen LogP contribution in [0.2, 0.25) is 0 Å². The van der Waals surface area contributed by atoms with E-state index in [-0.39, 0.29) is 16.5 Å². The molecule has 1 N–H and O–H groups in total. The van der Waals surface area contributed by atoms with Crippen LogP contribution < -0.4 is 9.46 Å². The first-order chi connectivity index (χ1) is 15.7. The highest BCUT2D eigenvalue weighted by molar-refractivity contribution is 7.90. The second-order valence-corrected chi connectivity index (χ2v) is 9.65. The number of ether oxygens (including phenoxy) is 1. The lowest BCUT2D eigenvalue weighted by atomic mass is 9.99. The molecule has 0 fully saturated rings. The summed E-state index contributed by atoms with van der Waals surface area (Å²) in [6.45, 7) is 6.57. The van der Waals surface area contributed by atoms with Crippen LogP contribution in [0.4, 0.5) is 0 Å². The summed E-state index contributed by atoms with van der Waals surface area (Å²) in [4.78, 5) is 17.0. The Morgan fingerprint density at radius 1 is 1.03 bits per heavy atom. The average molecular weight is 464 g/mol. The Morgan fingerprint density at radius 3 is 2.42 bits per heavy atom. The molecule has 7 nitrogen and oxygen atoms in total. The number of nitrogens with one attached hydrogen (secondary N) is 1. The highest BCUT2D eigenvalue weighted by atomic mass is 32.2. The van der Waals surface area contributed by atoms with Gasteiger partial charge in [-0.25, -0.2) is 18.1 Å². The zero-order valence-corrected chi connectivity index (χ0v) is 19.7. The summed E-state index contributed by atoms with van der Waals surface area (Å²) < 4.78 is 35.0. The number of nitrogens with zero attached hydrogens (tertiary/aromatic N) is 2. The fraction of sp³-hybridized carbons (Fsp3) is 0.200. The van der Waals surface area contributed by atoms with Crippen molar-refractivity contribution >= 4 is 26.8 Å². The van der Waals surface area contributed by atoms with Crippen molar-refractivity contribution in [1.82, 2.24) is 14.3 Å². The van der Waals surface area contributed by atoms with Crippen molar-refractivity contribution in [2.24, 2.45) is 0 Å². The van der Waals surface area contributed by atoms with Gasteiger partial charge in [0, 0.05) is 23.6 Å². The largest absolute Gasteiger partial charge is 0.480 e. The first-order valence-corrected chi connectivity index (χ1v) is 11.9. The molecular weight excluding hydrogens is 438 g/mol. The van der Waals surface area contributed by atoms with Crippen LogP contribution in [0.5, 0.6) is 5.88 Å². The van der Waals surface area contributed by atoms with Gasteiger partial charge in [-0.15, -0.1) is 0 Å². The minimum atomic E-state index is -4.20. The summed E-state index contributed by atoms with van der Waals surface area (Å²) in [5.74, 6) is -0.802. The van der Waals surface area contributed by atoms with Crippen molar-refractivity contribution in [3.8, 4) is 5.88 Å². The van der Waals surface area contributed by atoms with E-state index >= 15 is 0 Å². The van der Waals surface area contributed by atoms with Crippen LogP contribution in [0.1, 0.15) is 32.7 Å². The van der Waals surface area contributed by atoms with Crippen molar-refractivity contribution in [3.05, 3.63) is 88.7 Å². The summed E-state index contributed by atoms with van der Waals surface area (Å²) in [6.07, 6.45) is 1.42. The van der Waals surface area contributed by atoms with Crippen molar-refractivity contribution in [2.45, 2.75) is 32.2 Å². The Bertz CT molecular complexity index is 1450. The molecule has 0 radical (unpaired) electrons. The second kappa shape index (κ2) is 8.71. The van der Waals surface area contributed by atoms with Crippen molar-refractivity contribution in [1.29, 1.82) is 0 Å². The topological polar surface area (TPSA) is 90.3 Å². The lowest BCUT2D eigenvalue weighted by Crippen LogP contribution is -2.32. The molecule has 0 bridgehead atoms. The number of sulfonamides is 1. The van der Waals surface area contributed by atoms with Gasteiger partial charge in [-0.2, -0.15) is 0 Å². The van der Waals surface area contributed by atoms with E-state index in [9.17, 15) is 13.2 Å². The summed E-state index contributed by atoms with van der Waals surface area (Å²) in [5, 5.41) is 0.849. The number of benzene rings is 2. The maximum Gasteiger partial charge on any atom is 0.281 e. The van der Waals surface area contributed by atoms with Gasteiger partial charge in [-0.1, -0.05) is 35.9 Å². The monoisotopic (exact) mass is 463 g/mol. The van der Waals surface area contributed by atoms with E-state index in [1.165, 1.54) is 31.0 Å². The molecule has 0 spiro atoms. The Hall–Kier alpha value is -3.65. The van der Waals surface area contributed by atoms with Crippen LogP contribution in [-0.2, 0) is 16.6 Å². The van der Waals surface area contributed by atoms with E-state index in [4.69, 9.17) is 4.74 Å². The molecule has 2 aromatic heterocycles. The number of rotatable bonds is 6. The maximum atomic E-state index is 13.3. The molecule has 0 saturated carbocycles. The number of aromatic nitrogens is 2. The molecule has 0 aliphatic carbocycles. The smallest absolute Gasteiger partial charge is 0.281 e. The lowest BCUT2D eigenvalue weighted by molar-refractivity contribution is 0.0973. The third-order valence-electron chi connectivity index (χ3n) is 5.65. The minimum Gasteiger partial charge on any atom is -0.480 e. The lowest BCUT2D eigenvalue weighted by Gasteiger charge is -2.16. The number of para-hydroxylation sites is 1. The van der Waals surface area contributed by atoms with Crippen LogP contribution >= 0.6 is 0 Å². The minimum absolute atomic E-state index is 0.0794. The van der Waals surface area contributed by atoms with E-state index in [0.717, 1.165) is 27.6 Å². The highest BCUT2D eigenvalue weighted by Gasteiger charge is 2.26. The molecule has 0 aliphatic rings. The normalized spacial score (nSPS) is 11.5. The summed E-state index contributed by atoms with van der Waals surface area (Å²) in [7, 11) is -2.87. The predicted molar refractivity (Wildman–Crippen MR) is 127 cm³/mol. The van der Waals surface area contributed by atoms with Gasteiger partial charge in [0.2, 0.25) is 5.88 Å². The highest BCUT2D eigenvalue weighted by Crippen LogP contribution is 2.26. The summed E-state index contributed by atoms with van der Waals surface area (Å²) in [5.41, 5.74) is 5.59. The van der Waals surface area contributed by atoms with Crippen LogP contribution in [0.15, 0.2) is 65.7 Å². The number of pyridine rings is 1. The van der Waals surface area contributed by atoms with Gasteiger partial charge >= 0.3 is 0 Å². The number of carbonyl (C=O) groups excluding carboxylic acids is 1. The third-order valence-corrected chi connectivity index (χ3v) is 6.99. The van der Waals surface area contributed by atoms with Crippen molar-refractivity contribution in [3.63, 3.8) is 0 Å². The Labute approximate surface area is 193 Å². The average Bonchev–Trinajstić information content (AvgIpc) is 3.14. The molecule has 0 saturated heterocycles. The van der Waals surface area contributed by atoms with Crippen molar-refractivity contribution in [2.75, 3.05) is 7.11 Å². The number of carbonyl (C=O) groups is 1. The molecular formula is C25H25N3O4S. The summed E-state index contributed by atoms with van der Waals surface area (Å²) >= 11 is 0. The standard InChI is InChI=1S/C25H25N3O4S/c1-16-12-17(2)20(18(3)13-16)15-28-21-9-6-5-8-19(21)14-22(28)24(29)27-33(30,31)23-10-7-11-26-25(23)32-4/h5-14H,15H2,1-4H3,(H,27,29). The molecule has 0 unspecified atom stereocenters. The first kappa shape index (κ1) is 22.5. The van der Waals surface area contributed by atoms with E-state index in [0.29, 0.717) is 6.54 Å². The molecule has 0 aliphatic heterocycles. The molecule has 2 heterocycles. The van der Waals surface area contributed by atoms with Crippen LogP contribution in [0.25, 0.3) is 10.9 Å². The number of methoxy groups -OCH3 is 1. The third kappa shape index (κ3) is 4.34. The zero-order valence-electron chi connectivity index (χ0n) is 18.9. The fourth-order valence-electron chi connectivity index (χ4n) is 4.15. The maximum absolute atomic E-state index is 13.3. The number of amides is 1. The summed E-state index contributed by atoms with van der Waals surface area (Å²) in [6, 6.07) is 16.3. The Balaban J connectivity index is 1.78. The van der Waals surface area contributed by atoms with E-state index in [2.05, 4.69) is 21.8 Å². The van der Waals surface area contributed by atoms with Gasteiger partial charge in [0.05, 0.1) is 7.11 Å².